The minimum absolute atomic E-state index is 0.330. The second kappa shape index (κ2) is 6.60. The van der Waals surface area contributed by atoms with E-state index in [1.165, 1.54) is 0 Å². The molecular formula is C14H18N4O2. The third kappa shape index (κ3) is 3.50. The molecule has 0 fully saturated rings. The molecule has 1 aromatic carbocycles. The number of imidazole rings is 1. The Kier molecular flexibility index (Phi) is 4.60. The number of nitrogens with one attached hydrogen (secondary N) is 1. The molecule has 0 atom stereocenters. The zero-order valence-corrected chi connectivity index (χ0v) is 11.4. The zero-order chi connectivity index (χ0) is 14.4. The van der Waals surface area contributed by atoms with E-state index in [0.717, 1.165) is 18.8 Å². The Bertz CT molecular complexity index is 567. The maximum atomic E-state index is 11.7. The van der Waals surface area contributed by atoms with E-state index in [1.54, 1.807) is 31.6 Å². The second-order valence-electron chi connectivity index (χ2n) is 4.25. The molecule has 1 heterocycles. The minimum Gasteiger partial charge on any atom is -0.462 e. The van der Waals surface area contributed by atoms with Crippen molar-refractivity contribution in [2.45, 2.75) is 13.5 Å². The van der Waals surface area contributed by atoms with E-state index in [9.17, 15) is 4.79 Å². The monoisotopic (exact) mass is 274 g/mol. The van der Waals surface area contributed by atoms with Gasteiger partial charge in [0.1, 0.15) is 0 Å². The van der Waals surface area contributed by atoms with Crippen molar-refractivity contribution in [3.8, 4) is 0 Å². The molecule has 0 aliphatic carbocycles. The first-order valence-electron chi connectivity index (χ1n) is 6.47. The fourth-order valence-electron chi connectivity index (χ4n) is 1.80. The van der Waals surface area contributed by atoms with E-state index >= 15 is 0 Å². The van der Waals surface area contributed by atoms with Crippen molar-refractivity contribution in [3.63, 3.8) is 0 Å². The molecular weight excluding hydrogens is 256 g/mol. The Balaban J connectivity index is 1.98. The minimum atomic E-state index is -0.400. The summed E-state index contributed by atoms with van der Waals surface area (Å²) in [5.74, 6) is -0.400. The predicted octanol–water partition coefficient (Wildman–Crippen LogP) is 1.75. The molecule has 6 heteroatoms. The quantitative estimate of drug-likeness (QED) is 0.619. The van der Waals surface area contributed by atoms with Gasteiger partial charge >= 0.3 is 5.97 Å². The lowest BCUT2D eigenvalue weighted by atomic mass is 10.1. The summed E-state index contributed by atoms with van der Waals surface area (Å²) in [5.41, 5.74) is 7.43. The molecule has 0 spiro atoms. The van der Waals surface area contributed by atoms with Gasteiger partial charge in [-0.1, -0.05) is 0 Å². The highest BCUT2D eigenvalue weighted by molar-refractivity contribution is 5.96. The number of nitrogens with zero attached hydrogens (tertiary/aromatic N) is 2. The van der Waals surface area contributed by atoms with Crippen LogP contribution in [0.1, 0.15) is 17.3 Å². The van der Waals surface area contributed by atoms with Gasteiger partial charge in [-0.25, -0.2) is 9.78 Å². The van der Waals surface area contributed by atoms with Gasteiger partial charge in [0, 0.05) is 36.9 Å². The summed E-state index contributed by atoms with van der Waals surface area (Å²) in [4.78, 5) is 15.7. The lowest BCUT2D eigenvalue weighted by Crippen LogP contribution is -2.11. The van der Waals surface area contributed by atoms with Gasteiger partial charge in [0.05, 0.1) is 18.5 Å². The third-order valence-electron chi connectivity index (χ3n) is 2.81. The van der Waals surface area contributed by atoms with Crippen LogP contribution in [0.2, 0.25) is 0 Å². The maximum Gasteiger partial charge on any atom is 0.340 e. The maximum absolute atomic E-state index is 11.7. The Morgan fingerprint density at radius 1 is 1.50 bits per heavy atom. The lowest BCUT2D eigenvalue weighted by Gasteiger charge is -2.10. The first kappa shape index (κ1) is 13.9. The smallest absolute Gasteiger partial charge is 0.340 e. The number of benzene rings is 1. The van der Waals surface area contributed by atoms with Crippen LogP contribution in [-0.4, -0.2) is 28.7 Å². The zero-order valence-electron chi connectivity index (χ0n) is 11.4. The van der Waals surface area contributed by atoms with Crippen LogP contribution in [-0.2, 0) is 11.3 Å². The summed E-state index contributed by atoms with van der Waals surface area (Å²) >= 11 is 0. The average molecular weight is 274 g/mol. The van der Waals surface area contributed by atoms with E-state index < -0.39 is 5.97 Å². The molecule has 1 aromatic heterocycles. The van der Waals surface area contributed by atoms with Crippen molar-refractivity contribution in [1.82, 2.24) is 9.55 Å². The highest BCUT2D eigenvalue weighted by Gasteiger charge is 2.11. The van der Waals surface area contributed by atoms with Crippen LogP contribution in [0.5, 0.6) is 0 Å². The Morgan fingerprint density at radius 2 is 2.35 bits per heavy atom. The predicted molar refractivity (Wildman–Crippen MR) is 77.5 cm³/mol. The van der Waals surface area contributed by atoms with Crippen LogP contribution in [0.15, 0.2) is 36.9 Å². The first-order valence-corrected chi connectivity index (χ1v) is 6.47. The van der Waals surface area contributed by atoms with Crippen molar-refractivity contribution >= 4 is 17.3 Å². The van der Waals surface area contributed by atoms with Crippen LogP contribution in [0.25, 0.3) is 0 Å². The van der Waals surface area contributed by atoms with Crippen LogP contribution in [0.3, 0.4) is 0 Å². The number of esters is 1. The summed E-state index contributed by atoms with van der Waals surface area (Å²) in [6.07, 6.45) is 5.39. The number of hydrogen-bond donors (Lipinski definition) is 2. The molecule has 0 radical (unpaired) electrons. The summed E-state index contributed by atoms with van der Waals surface area (Å²) in [5, 5.41) is 3.24. The van der Waals surface area contributed by atoms with E-state index in [1.807, 2.05) is 16.8 Å². The molecule has 0 bridgehead atoms. The number of hydrogen-bond acceptors (Lipinski definition) is 5. The van der Waals surface area contributed by atoms with E-state index in [0.29, 0.717) is 17.9 Å². The second-order valence-corrected chi connectivity index (χ2v) is 4.25. The molecule has 3 N–H and O–H groups in total. The van der Waals surface area contributed by atoms with Gasteiger partial charge in [-0.3, -0.25) is 0 Å². The van der Waals surface area contributed by atoms with Gasteiger partial charge in [-0.05, 0) is 25.1 Å². The van der Waals surface area contributed by atoms with E-state index in [4.69, 9.17) is 10.5 Å². The van der Waals surface area contributed by atoms with Crippen molar-refractivity contribution in [2.75, 3.05) is 24.2 Å². The summed E-state index contributed by atoms with van der Waals surface area (Å²) in [7, 11) is 0. The molecule has 0 amide bonds. The molecule has 20 heavy (non-hydrogen) atoms. The van der Waals surface area contributed by atoms with Crippen molar-refractivity contribution in [2.24, 2.45) is 0 Å². The number of nitrogen functional groups attached to an aromatic ring is 1. The Morgan fingerprint density at radius 3 is 3.05 bits per heavy atom. The topological polar surface area (TPSA) is 82.2 Å². The van der Waals surface area contributed by atoms with Gasteiger partial charge in [-0.15, -0.1) is 0 Å². The molecule has 0 unspecified atom stereocenters. The van der Waals surface area contributed by atoms with Crippen LogP contribution >= 0.6 is 0 Å². The SMILES string of the molecule is CCOC(=O)c1cc(NCCn2ccnc2)ccc1N. The normalized spacial score (nSPS) is 10.2. The van der Waals surface area contributed by atoms with Crippen LogP contribution in [0.4, 0.5) is 11.4 Å². The fourth-order valence-corrected chi connectivity index (χ4v) is 1.80. The summed E-state index contributed by atoms with van der Waals surface area (Å²) < 4.78 is 6.94. The standard InChI is InChI=1S/C14H18N4O2/c1-2-20-14(19)12-9-11(3-4-13(12)15)17-6-8-18-7-5-16-10-18/h3-5,7,9-10,17H,2,6,8,15H2,1H3. The molecule has 0 saturated carbocycles. The molecule has 0 aliphatic heterocycles. The average Bonchev–Trinajstić information content (AvgIpc) is 2.94. The number of carbonyl (C=O) groups excluding carboxylic acids is 1. The summed E-state index contributed by atoms with van der Waals surface area (Å²) in [6.45, 7) is 3.61. The number of rotatable bonds is 6. The number of aromatic nitrogens is 2. The van der Waals surface area contributed by atoms with Gasteiger partial charge in [0.2, 0.25) is 0 Å². The molecule has 2 aromatic rings. The molecule has 0 saturated heterocycles. The van der Waals surface area contributed by atoms with Crippen LogP contribution in [0, 0.1) is 0 Å². The van der Waals surface area contributed by atoms with E-state index in [-0.39, 0.29) is 0 Å². The molecule has 0 aliphatic rings. The first-order chi connectivity index (χ1) is 9.70. The lowest BCUT2D eigenvalue weighted by molar-refractivity contribution is 0.0527. The molecule has 2 rings (SSSR count). The highest BCUT2D eigenvalue weighted by atomic mass is 16.5. The van der Waals surface area contributed by atoms with Gasteiger partial charge in [-0.2, -0.15) is 0 Å². The Labute approximate surface area is 117 Å². The number of nitrogens with two attached hydrogens (primary N) is 1. The fraction of sp³-hybridized carbons (Fsp3) is 0.286. The largest absolute Gasteiger partial charge is 0.462 e. The number of carbonyl (C=O) groups is 1. The van der Waals surface area contributed by atoms with Gasteiger partial charge in [0.15, 0.2) is 0 Å². The van der Waals surface area contributed by atoms with Crippen molar-refractivity contribution in [3.05, 3.63) is 42.5 Å². The van der Waals surface area contributed by atoms with Crippen molar-refractivity contribution < 1.29 is 9.53 Å². The highest BCUT2D eigenvalue weighted by Crippen LogP contribution is 2.18. The van der Waals surface area contributed by atoms with Crippen LogP contribution < -0.4 is 11.1 Å². The Hall–Kier alpha value is -2.50. The van der Waals surface area contributed by atoms with Crippen molar-refractivity contribution in [1.29, 1.82) is 0 Å². The van der Waals surface area contributed by atoms with E-state index in [2.05, 4.69) is 10.3 Å². The number of anilines is 2. The third-order valence-corrected chi connectivity index (χ3v) is 2.81. The molecule has 6 nitrogen and oxygen atoms in total. The summed E-state index contributed by atoms with van der Waals surface area (Å²) in [6, 6.07) is 5.25. The van der Waals surface area contributed by atoms with Gasteiger partial charge in [0.25, 0.3) is 0 Å². The van der Waals surface area contributed by atoms with Gasteiger partial charge < -0.3 is 20.4 Å². The molecule has 106 valence electrons. The number of ether oxygens (including phenoxy) is 1.